The second-order valence-electron chi connectivity index (χ2n) is 7.22. The third kappa shape index (κ3) is 5.94. The first kappa shape index (κ1) is 22.1. The van der Waals surface area contributed by atoms with Crippen molar-refractivity contribution in [3.8, 4) is 5.75 Å². The lowest BCUT2D eigenvalue weighted by Crippen LogP contribution is -2.42. The van der Waals surface area contributed by atoms with Gasteiger partial charge >= 0.3 is 5.97 Å². The van der Waals surface area contributed by atoms with E-state index in [2.05, 4.69) is 5.32 Å². The molecule has 31 heavy (non-hydrogen) atoms. The Kier molecular flexibility index (Phi) is 7.43. The Morgan fingerprint density at radius 2 is 1.87 bits per heavy atom. The molecule has 2 aromatic rings. The Labute approximate surface area is 181 Å². The van der Waals surface area contributed by atoms with E-state index in [1.54, 1.807) is 30.2 Å². The minimum Gasteiger partial charge on any atom is -0.497 e. The molecule has 0 aliphatic carbocycles. The first-order chi connectivity index (χ1) is 15.0. The van der Waals surface area contributed by atoms with E-state index in [4.69, 9.17) is 9.47 Å². The van der Waals surface area contributed by atoms with E-state index in [-0.39, 0.29) is 12.5 Å². The highest BCUT2D eigenvalue weighted by atomic mass is 16.5. The molecule has 7 heteroatoms. The van der Waals surface area contributed by atoms with Crippen LogP contribution in [0.15, 0.2) is 54.6 Å². The van der Waals surface area contributed by atoms with Crippen LogP contribution in [0.2, 0.25) is 0 Å². The number of nitrogens with zero attached hydrogens (tertiary/aromatic N) is 1. The van der Waals surface area contributed by atoms with Gasteiger partial charge in [-0.3, -0.25) is 9.59 Å². The Morgan fingerprint density at radius 1 is 1.13 bits per heavy atom. The summed E-state index contributed by atoms with van der Waals surface area (Å²) >= 11 is 0. The van der Waals surface area contributed by atoms with Gasteiger partial charge in [0.05, 0.1) is 7.11 Å². The van der Waals surface area contributed by atoms with Crippen LogP contribution < -0.4 is 15.0 Å². The SMILES string of the molecule is COc1ccc(C=CC(=O)NC(C)C(=O)OCC(=O)N2CCCc3ccccc32)cc1. The van der Waals surface area contributed by atoms with Crippen molar-refractivity contribution < 1.29 is 23.9 Å². The van der Waals surface area contributed by atoms with Gasteiger partial charge in [-0.1, -0.05) is 30.3 Å². The number of rotatable bonds is 7. The molecule has 1 atom stereocenters. The fourth-order valence-corrected chi connectivity index (χ4v) is 3.34. The second-order valence-corrected chi connectivity index (χ2v) is 7.22. The zero-order valence-corrected chi connectivity index (χ0v) is 17.7. The fourth-order valence-electron chi connectivity index (χ4n) is 3.34. The number of carbonyl (C=O) groups is 3. The van der Waals surface area contributed by atoms with Crippen LogP contribution in [0.1, 0.15) is 24.5 Å². The molecular formula is C24H26N2O5. The van der Waals surface area contributed by atoms with Crippen LogP contribution in [0.4, 0.5) is 5.69 Å². The summed E-state index contributed by atoms with van der Waals surface area (Å²) in [6, 6.07) is 14.0. The van der Waals surface area contributed by atoms with Crippen molar-refractivity contribution in [3.05, 3.63) is 65.7 Å². The molecule has 0 fully saturated rings. The maximum Gasteiger partial charge on any atom is 0.328 e. The molecule has 162 valence electrons. The minimum atomic E-state index is -0.880. The molecule has 0 radical (unpaired) electrons. The number of para-hydroxylation sites is 1. The van der Waals surface area contributed by atoms with Crippen molar-refractivity contribution in [2.45, 2.75) is 25.8 Å². The third-order valence-electron chi connectivity index (χ3n) is 5.00. The van der Waals surface area contributed by atoms with Crippen molar-refractivity contribution in [1.82, 2.24) is 5.32 Å². The van der Waals surface area contributed by atoms with Gasteiger partial charge < -0.3 is 19.7 Å². The highest BCUT2D eigenvalue weighted by Crippen LogP contribution is 2.26. The number of nitrogens with one attached hydrogen (secondary N) is 1. The molecule has 0 saturated carbocycles. The normalized spacial score (nSPS) is 13.9. The van der Waals surface area contributed by atoms with Gasteiger partial charge in [0.15, 0.2) is 6.61 Å². The largest absolute Gasteiger partial charge is 0.497 e. The van der Waals surface area contributed by atoms with Crippen LogP contribution in [0, 0.1) is 0 Å². The number of methoxy groups -OCH3 is 1. The highest BCUT2D eigenvalue weighted by Gasteiger charge is 2.24. The molecular weight excluding hydrogens is 396 g/mol. The lowest BCUT2D eigenvalue weighted by molar-refractivity contribution is -0.150. The Morgan fingerprint density at radius 3 is 2.61 bits per heavy atom. The van der Waals surface area contributed by atoms with Gasteiger partial charge in [-0.25, -0.2) is 4.79 Å². The average Bonchev–Trinajstić information content (AvgIpc) is 2.80. The molecule has 3 rings (SSSR count). The summed E-state index contributed by atoms with van der Waals surface area (Å²) in [6.07, 6.45) is 4.75. The van der Waals surface area contributed by atoms with Crippen LogP contribution in [0.25, 0.3) is 6.08 Å². The van der Waals surface area contributed by atoms with E-state index < -0.39 is 17.9 Å². The minimum absolute atomic E-state index is 0.279. The van der Waals surface area contributed by atoms with Gasteiger partial charge in [0.1, 0.15) is 11.8 Å². The molecule has 1 aliphatic rings. The van der Waals surface area contributed by atoms with E-state index in [0.717, 1.165) is 35.4 Å². The smallest absolute Gasteiger partial charge is 0.328 e. The molecule has 0 saturated heterocycles. The second kappa shape index (κ2) is 10.4. The number of benzene rings is 2. The van der Waals surface area contributed by atoms with Gasteiger partial charge in [-0.15, -0.1) is 0 Å². The number of fused-ring (bicyclic) bond motifs is 1. The molecule has 0 spiro atoms. The molecule has 0 bridgehead atoms. The van der Waals surface area contributed by atoms with Crippen molar-refractivity contribution in [1.29, 1.82) is 0 Å². The molecule has 2 aromatic carbocycles. The average molecular weight is 422 g/mol. The third-order valence-corrected chi connectivity index (χ3v) is 5.00. The first-order valence-corrected chi connectivity index (χ1v) is 10.2. The van der Waals surface area contributed by atoms with Crippen LogP contribution in [0.3, 0.4) is 0 Å². The van der Waals surface area contributed by atoms with Gasteiger partial charge in [0, 0.05) is 18.3 Å². The molecule has 7 nitrogen and oxygen atoms in total. The Bertz CT molecular complexity index is 968. The van der Waals surface area contributed by atoms with E-state index in [9.17, 15) is 14.4 Å². The molecule has 1 N–H and O–H groups in total. The van der Waals surface area contributed by atoms with Crippen molar-refractivity contribution >= 4 is 29.5 Å². The number of carbonyl (C=O) groups excluding carboxylic acids is 3. The summed E-state index contributed by atoms with van der Waals surface area (Å²) in [5.41, 5.74) is 2.79. The topological polar surface area (TPSA) is 84.9 Å². The lowest BCUT2D eigenvalue weighted by Gasteiger charge is -2.29. The maximum atomic E-state index is 12.6. The number of esters is 1. The monoisotopic (exact) mass is 422 g/mol. The van der Waals surface area contributed by atoms with E-state index in [0.29, 0.717) is 6.54 Å². The number of aryl methyl sites for hydroxylation is 1. The van der Waals surface area contributed by atoms with Crippen LogP contribution >= 0.6 is 0 Å². The molecule has 1 aliphatic heterocycles. The maximum absolute atomic E-state index is 12.6. The summed E-state index contributed by atoms with van der Waals surface area (Å²) in [5, 5.41) is 2.54. The molecule has 0 aromatic heterocycles. The summed E-state index contributed by atoms with van der Waals surface area (Å²) < 4.78 is 10.2. The Hall–Kier alpha value is -3.61. The summed E-state index contributed by atoms with van der Waals surface area (Å²) in [7, 11) is 1.58. The van der Waals surface area contributed by atoms with Gasteiger partial charge in [-0.05, 0) is 55.2 Å². The van der Waals surface area contributed by atoms with Gasteiger partial charge in [0.25, 0.3) is 5.91 Å². The predicted octanol–water partition coefficient (Wildman–Crippen LogP) is 2.74. The predicted molar refractivity (Wildman–Crippen MR) is 118 cm³/mol. The van der Waals surface area contributed by atoms with Crippen LogP contribution in [-0.2, 0) is 25.5 Å². The zero-order valence-electron chi connectivity index (χ0n) is 17.7. The van der Waals surface area contributed by atoms with Crippen LogP contribution in [0.5, 0.6) is 5.75 Å². The fraction of sp³-hybridized carbons (Fsp3) is 0.292. The van der Waals surface area contributed by atoms with Crippen LogP contribution in [-0.4, -0.2) is 44.1 Å². The number of amides is 2. The van der Waals surface area contributed by atoms with E-state index in [1.165, 1.54) is 13.0 Å². The lowest BCUT2D eigenvalue weighted by atomic mass is 10.0. The summed E-state index contributed by atoms with van der Waals surface area (Å²) in [4.78, 5) is 38.5. The van der Waals surface area contributed by atoms with Crippen molar-refractivity contribution in [3.63, 3.8) is 0 Å². The summed E-state index contributed by atoms with van der Waals surface area (Å²) in [5.74, 6) is -0.652. The zero-order chi connectivity index (χ0) is 22.2. The number of hydrogen-bond acceptors (Lipinski definition) is 5. The van der Waals surface area contributed by atoms with Crippen molar-refractivity contribution in [2.24, 2.45) is 0 Å². The number of hydrogen-bond donors (Lipinski definition) is 1. The quantitative estimate of drug-likeness (QED) is 0.548. The van der Waals surface area contributed by atoms with E-state index >= 15 is 0 Å². The number of ether oxygens (including phenoxy) is 2. The summed E-state index contributed by atoms with van der Waals surface area (Å²) in [6.45, 7) is 1.74. The van der Waals surface area contributed by atoms with Gasteiger partial charge in [-0.2, -0.15) is 0 Å². The molecule has 1 unspecified atom stereocenters. The van der Waals surface area contributed by atoms with Crippen molar-refractivity contribution in [2.75, 3.05) is 25.2 Å². The number of anilines is 1. The Balaban J connectivity index is 1.47. The van der Waals surface area contributed by atoms with Gasteiger partial charge in [0.2, 0.25) is 5.91 Å². The molecule has 2 amide bonds. The highest BCUT2D eigenvalue weighted by molar-refractivity contribution is 5.97. The van der Waals surface area contributed by atoms with E-state index in [1.807, 2.05) is 36.4 Å². The standard InChI is InChI=1S/C24H26N2O5/c1-17(25-22(27)14-11-18-9-12-20(30-2)13-10-18)24(29)31-16-23(28)26-15-5-7-19-6-3-4-8-21(19)26/h3-4,6,8-14,17H,5,7,15-16H2,1-2H3,(H,25,27). The molecule has 1 heterocycles. The first-order valence-electron chi connectivity index (χ1n) is 10.2.